The van der Waals surface area contributed by atoms with Crippen LogP contribution in [0.15, 0.2) is 24.4 Å². The first-order valence-corrected chi connectivity index (χ1v) is 5.28. The fourth-order valence-corrected chi connectivity index (χ4v) is 1.58. The first kappa shape index (κ1) is 11.1. The minimum atomic E-state index is 0.616. The molecule has 0 aliphatic carbocycles. The zero-order valence-corrected chi connectivity index (χ0v) is 9.81. The van der Waals surface area contributed by atoms with E-state index in [4.69, 9.17) is 5.26 Å². The summed E-state index contributed by atoms with van der Waals surface area (Å²) in [6, 6.07) is 7.55. The third-order valence-electron chi connectivity index (χ3n) is 2.46. The third-order valence-corrected chi connectivity index (χ3v) is 2.46. The normalized spacial score (nSPS) is 9.94. The highest BCUT2D eigenvalue weighted by Gasteiger charge is 2.01. The summed E-state index contributed by atoms with van der Waals surface area (Å²) in [6.45, 7) is 2.51. The van der Waals surface area contributed by atoms with Crippen molar-refractivity contribution in [2.75, 3.05) is 5.32 Å². The molecule has 0 spiro atoms. The number of nitrogens with zero attached hydrogens (tertiary/aromatic N) is 4. The lowest BCUT2D eigenvalue weighted by atomic mass is 10.2. The van der Waals surface area contributed by atoms with E-state index in [1.54, 1.807) is 23.0 Å². The van der Waals surface area contributed by atoms with Gasteiger partial charge >= 0.3 is 0 Å². The lowest BCUT2D eigenvalue weighted by Gasteiger charge is -2.07. The first-order valence-electron chi connectivity index (χ1n) is 5.28. The third kappa shape index (κ3) is 2.61. The van der Waals surface area contributed by atoms with Crippen LogP contribution in [0.3, 0.4) is 0 Å². The Labute approximate surface area is 99.7 Å². The van der Waals surface area contributed by atoms with Gasteiger partial charge in [-0.3, -0.25) is 4.68 Å². The number of nitrogens with one attached hydrogen (secondary N) is 1. The average molecular weight is 227 g/mol. The van der Waals surface area contributed by atoms with E-state index < -0.39 is 0 Å². The van der Waals surface area contributed by atoms with Crippen molar-refractivity contribution in [3.8, 4) is 6.07 Å². The summed E-state index contributed by atoms with van der Waals surface area (Å²) in [5, 5.41) is 16.1. The Kier molecular flexibility index (Phi) is 3.06. The molecule has 5 nitrogen and oxygen atoms in total. The molecule has 0 bridgehead atoms. The maximum Gasteiger partial charge on any atom is 0.127 e. The molecule has 2 heterocycles. The number of rotatable bonds is 3. The molecule has 0 aliphatic rings. The van der Waals surface area contributed by atoms with Gasteiger partial charge in [0.15, 0.2) is 0 Å². The number of nitriles is 1. The van der Waals surface area contributed by atoms with Crippen LogP contribution < -0.4 is 5.32 Å². The maximum atomic E-state index is 8.86. The highest BCUT2D eigenvalue weighted by molar-refractivity contribution is 5.44. The second-order valence-electron chi connectivity index (χ2n) is 3.79. The Balaban J connectivity index is 2.12. The molecule has 0 aromatic carbocycles. The topological polar surface area (TPSA) is 66.5 Å². The molecule has 2 rings (SSSR count). The largest absolute Gasteiger partial charge is 0.364 e. The fourth-order valence-electron chi connectivity index (χ4n) is 1.58. The number of anilines is 1. The summed E-state index contributed by atoms with van der Waals surface area (Å²) in [7, 11) is 1.89. The van der Waals surface area contributed by atoms with Crippen molar-refractivity contribution in [2.45, 2.75) is 13.5 Å². The minimum Gasteiger partial charge on any atom is -0.364 e. The maximum absolute atomic E-state index is 8.86. The van der Waals surface area contributed by atoms with Crippen molar-refractivity contribution in [1.29, 1.82) is 5.26 Å². The molecule has 0 atom stereocenters. The summed E-state index contributed by atoms with van der Waals surface area (Å²) in [5.74, 6) is 0.711. The number of aromatic nitrogens is 3. The second-order valence-corrected chi connectivity index (χ2v) is 3.79. The van der Waals surface area contributed by atoms with Gasteiger partial charge in [-0.15, -0.1) is 0 Å². The van der Waals surface area contributed by atoms with E-state index in [-0.39, 0.29) is 0 Å². The zero-order valence-electron chi connectivity index (χ0n) is 9.81. The molecule has 0 saturated heterocycles. The number of aryl methyl sites for hydroxylation is 2. The standard InChI is InChI=1S/C12H13N5/c1-9-5-10(7-13)6-12(16-9)14-8-11-3-4-15-17(11)2/h3-6H,8H2,1-2H3,(H,14,16). The van der Waals surface area contributed by atoms with E-state index in [9.17, 15) is 0 Å². The molecular weight excluding hydrogens is 214 g/mol. The number of pyridine rings is 1. The van der Waals surface area contributed by atoms with Crippen LogP contribution in [0, 0.1) is 18.3 Å². The van der Waals surface area contributed by atoms with E-state index in [1.807, 2.05) is 20.0 Å². The zero-order chi connectivity index (χ0) is 12.3. The predicted molar refractivity (Wildman–Crippen MR) is 64.2 cm³/mol. The van der Waals surface area contributed by atoms with E-state index in [1.165, 1.54) is 0 Å². The van der Waals surface area contributed by atoms with Crippen LogP contribution in [0.2, 0.25) is 0 Å². The monoisotopic (exact) mass is 227 g/mol. The molecular formula is C12H13N5. The molecule has 17 heavy (non-hydrogen) atoms. The van der Waals surface area contributed by atoms with Crippen molar-refractivity contribution >= 4 is 5.82 Å². The van der Waals surface area contributed by atoms with Crippen LogP contribution in [-0.2, 0) is 13.6 Å². The lowest BCUT2D eigenvalue weighted by Crippen LogP contribution is -2.07. The highest BCUT2D eigenvalue weighted by atomic mass is 15.3. The Morgan fingerprint density at radius 3 is 2.94 bits per heavy atom. The van der Waals surface area contributed by atoms with Crippen LogP contribution >= 0.6 is 0 Å². The van der Waals surface area contributed by atoms with Gasteiger partial charge in [0.25, 0.3) is 0 Å². The van der Waals surface area contributed by atoms with E-state index in [0.717, 1.165) is 11.4 Å². The SMILES string of the molecule is Cc1cc(C#N)cc(NCc2ccnn2C)n1. The second kappa shape index (κ2) is 4.66. The van der Waals surface area contributed by atoms with Gasteiger partial charge in [0.2, 0.25) is 0 Å². The fraction of sp³-hybridized carbons (Fsp3) is 0.250. The van der Waals surface area contributed by atoms with Gasteiger partial charge in [-0.05, 0) is 25.1 Å². The molecule has 0 amide bonds. The number of hydrogen-bond acceptors (Lipinski definition) is 4. The van der Waals surface area contributed by atoms with Crippen molar-refractivity contribution in [3.05, 3.63) is 41.3 Å². The molecule has 2 aromatic heterocycles. The quantitative estimate of drug-likeness (QED) is 0.865. The van der Waals surface area contributed by atoms with Gasteiger partial charge in [-0.2, -0.15) is 10.4 Å². The predicted octanol–water partition coefficient (Wildman–Crippen LogP) is 1.61. The molecule has 86 valence electrons. The van der Waals surface area contributed by atoms with Gasteiger partial charge in [-0.1, -0.05) is 0 Å². The summed E-state index contributed by atoms with van der Waals surface area (Å²) in [5.41, 5.74) is 2.51. The summed E-state index contributed by atoms with van der Waals surface area (Å²) in [4.78, 5) is 4.32. The van der Waals surface area contributed by atoms with E-state index in [2.05, 4.69) is 21.5 Å². The molecule has 0 unspecified atom stereocenters. The molecule has 0 aliphatic heterocycles. The molecule has 0 saturated carbocycles. The van der Waals surface area contributed by atoms with Crippen LogP contribution in [-0.4, -0.2) is 14.8 Å². The average Bonchev–Trinajstić information content (AvgIpc) is 2.71. The molecule has 0 fully saturated rings. The molecule has 2 aromatic rings. The Morgan fingerprint density at radius 2 is 2.29 bits per heavy atom. The summed E-state index contributed by atoms with van der Waals surface area (Å²) < 4.78 is 1.80. The number of hydrogen-bond donors (Lipinski definition) is 1. The smallest absolute Gasteiger partial charge is 0.127 e. The van der Waals surface area contributed by atoms with Crippen molar-refractivity contribution in [3.63, 3.8) is 0 Å². The van der Waals surface area contributed by atoms with Crippen LogP contribution in [0.5, 0.6) is 0 Å². The minimum absolute atomic E-state index is 0.616. The van der Waals surface area contributed by atoms with Gasteiger partial charge in [0, 0.05) is 18.9 Å². The van der Waals surface area contributed by atoms with E-state index in [0.29, 0.717) is 17.9 Å². The van der Waals surface area contributed by atoms with Crippen LogP contribution in [0.25, 0.3) is 0 Å². The van der Waals surface area contributed by atoms with Crippen molar-refractivity contribution in [2.24, 2.45) is 7.05 Å². The van der Waals surface area contributed by atoms with Gasteiger partial charge < -0.3 is 5.32 Å². The van der Waals surface area contributed by atoms with E-state index >= 15 is 0 Å². The molecule has 1 N–H and O–H groups in total. The van der Waals surface area contributed by atoms with Gasteiger partial charge in [0.05, 0.1) is 23.9 Å². The van der Waals surface area contributed by atoms with Crippen LogP contribution in [0.1, 0.15) is 17.0 Å². The highest BCUT2D eigenvalue weighted by Crippen LogP contribution is 2.10. The Bertz CT molecular complexity index is 565. The van der Waals surface area contributed by atoms with Gasteiger partial charge in [0.1, 0.15) is 5.82 Å². The Hall–Kier alpha value is -2.35. The molecule has 0 radical (unpaired) electrons. The Morgan fingerprint density at radius 1 is 1.47 bits per heavy atom. The van der Waals surface area contributed by atoms with Crippen molar-refractivity contribution in [1.82, 2.24) is 14.8 Å². The summed E-state index contributed by atoms with van der Waals surface area (Å²) in [6.07, 6.45) is 1.75. The summed E-state index contributed by atoms with van der Waals surface area (Å²) >= 11 is 0. The van der Waals surface area contributed by atoms with Crippen molar-refractivity contribution < 1.29 is 0 Å². The first-order chi connectivity index (χ1) is 8.19. The lowest BCUT2D eigenvalue weighted by molar-refractivity contribution is 0.720. The molecule has 5 heteroatoms. The van der Waals surface area contributed by atoms with Gasteiger partial charge in [-0.25, -0.2) is 4.98 Å². The van der Waals surface area contributed by atoms with Crippen LogP contribution in [0.4, 0.5) is 5.82 Å².